The third-order valence-electron chi connectivity index (χ3n) is 3.51. The first kappa shape index (κ1) is 16.0. The predicted molar refractivity (Wildman–Crippen MR) is 68.2 cm³/mol. The molecule has 1 N–H and O–H groups in total. The molecule has 0 spiro atoms. The maximum atomic E-state index is 13.1. The lowest BCUT2D eigenvalue weighted by atomic mass is 9.98. The van der Waals surface area contributed by atoms with Crippen molar-refractivity contribution in [1.82, 2.24) is 4.90 Å². The molecule has 0 aliphatic carbocycles. The molecule has 3 nitrogen and oxygen atoms in total. The van der Waals surface area contributed by atoms with Crippen molar-refractivity contribution in [2.75, 3.05) is 19.7 Å². The van der Waals surface area contributed by atoms with Gasteiger partial charge in [-0.1, -0.05) is 6.07 Å². The molecule has 1 saturated heterocycles. The SMILES string of the molecule is OCC1CCCN(Cc2ccc(F)cc2OC(F)(F)F)C1. The molecule has 21 heavy (non-hydrogen) atoms. The van der Waals surface area contributed by atoms with Crippen LogP contribution in [-0.4, -0.2) is 36.1 Å². The van der Waals surface area contributed by atoms with E-state index in [1.165, 1.54) is 6.07 Å². The maximum absolute atomic E-state index is 13.1. The number of hydrogen-bond acceptors (Lipinski definition) is 3. The Balaban J connectivity index is 2.11. The number of aliphatic hydroxyl groups excluding tert-OH is 1. The van der Waals surface area contributed by atoms with Crippen LogP contribution in [0.15, 0.2) is 18.2 Å². The normalized spacial score (nSPS) is 20.5. The van der Waals surface area contributed by atoms with Gasteiger partial charge < -0.3 is 9.84 Å². The van der Waals surface area contributed by atoms with E-state index < -0.39 is 17.9 Å². The lowest BCUT2D eigenvalue weighted by Gasteiger charge is -2.32. The standard InChI is InChI=1S/C14H17F4NO2/c15-12-4-3-11(13(6-12)21-14(16,17)18)8-19-5-1-2-10(7-19)9-20/h3-4,6,10,20H,1-2,5,7-9H2. The molecule has 1 atom stereocenters. The van der Waals surface area contributed by atoms with E-state index in [0.717, 1.165) is 31.5 Å². The van der Waals surface area contributed by atoms with Gasteiger partial charge in [-0.25, -0.2) is 4.39 Å². The van der Waals surface area contributed by atoms with Crippen LogP contribution in [0.1, 0.15) is 18.4 Å². The van der Waals surface area contributed by atoms with Gasteiger partial charge >= 0.3 is 6.36 Å². The van der Waals surface area contributed by atoms with E-state index in [1.807, 2.05) is 4.90 Å². The van der Waals surface area contributed by atoms with Crippen molar-refractivity contribution >= 4 is 0 Å². The Hall–Kier alpha value is -1.34. The fourth-order valence-corrected chi connectivity index (χ4v) is 2.56. The average molecular weight is 307 g/mol. The molecule has 1 unspecified atom stereocenters. The molecular formula is C14H17F4NO2. The lowest BCUT2D eigenvalue weighted by Crippen LogP contribution is -2.36. The van der Waals surface area contributed by atoms with Gasteiger partial charge in [0.25, 0.3) is 0 Å². The molecule has 0 aromatic heterocycles. The van der Waals surface area contributed by atoms with E-state index in [1.54, 1.807) is 0 Å². The molecular weight excluding hydrogens is 290 g/mol. The third-order valence-corrected chi connectivity index (χ3v) is 3.51. The summed E-state index contributed by atoms with van der Waals surface area (Å²) in [5, 5.41) is 9.17. The van der Waals surface area contributed by atoms with Gasteiger partial charge in [0.05, 0.1) is 0 Å². The molecule has 0 amide bonds. The van der Waals surface area contributed by atoms with Gasteiger partial charge in [-0.05, 0) is 31.4 Å². The molecule has 1 heterocycles. The largest absolute Gasteiger partial charge is 0.573 e. The number of nitrogens with zero attached hydrogens (tertiary/aromatic N) is 1. The summed E-state index contributed by atoms with van der Waals surface area (Å²) in [4.78, 5) is 1.95. The monoisotopic (exact) mass is 307 g/mol. The maximum Gasteiger partial charge on any atom is 0.573 e. The fourth-order valence-electron chi connectivity index (χ4n) is 2.56. The zero-order valence-corrected chi connectivity index (χ0v) is 11.4. The highest BCUT2D eigenvalue weighted by molar-refractivity contribution is 5.34. The van der Waals surface area contributed by atoms with Crippen LogP contribution in [0.3, 0.4) is 0 Å². The van der Waals surface area contributed by atoms with Crippen LogP contribution in [0.2, 0.25) is 0 Å². The summed E-state index contributed by atoms with van der Waals surface area (Å²) in [5.74, 6) is -1.15. The van der Waals surface area contributed by atoms with Gasteiger partial charge in [-0.2, -0.15) is 0 Å². The Morgan fingerprint density at radius 1 is 1.33 bits per heavy atom. The van der Waals surface area contributed by atoms with Crippen molar-refractivity contribution in [3.63, 3.8) is 0 Å². The zero-order valence-electron chi connectivity index (χ0n) is 11.4. The first-order chi connectivity index (χ1) is 9.87. The van der Waals surface area contributed by atoms with E-state index in [2.05, 4.69) is 4.74 Å². The smallest absolute Gasteiger partial charge is 0.405 e. The second-order valence-electron chi connectivity index (χ2n) is 5.23. The van der Waals surface area contributed by atoms with Crippen molar-refractivity contribution in [3.8, 4) is 5.75 Å². The number of likely N-dealkylation sites (tertiary alicyclic amines) is 1. The van der Waals surface area contributed by atoms with Crippen LogP contribution in [0.4, 0.5) is 17.6 Å². The number of aliphatic hydroxyl groups is 1. The number of hydrogen-bond donors (Lipinski definition) is 1. The first-order valence-corrected chi connectivity index (χ1v) is 6.75. The minimum Gasteiger partial charge on any atom is -0.405 e. The Morgan fingerprint density at radius 3 is 2.76 bits per heavy atom. The van der Waals surface area contributed by atoms with Crippen molar-refractivity contribution < 1.29 is 27.4 Å². The van der Waals surface area contributed by atoms with Crippen molar-refractivity contribution in [3.05, 3.63) is 29.6 Å². The van der Waals surface area contributed by atoms with Crippen LogP contribution in [0.25, 0.3) is 0 Å². The topological polar surface area (TPSA) is 32.7 Å². The van der Waals surface area contributed by atoms with E-state index in [4.69, 9.17) is 5.11 Å². The van der Waals surface area contributed by atoms with Gasteiger partial charge in [0, 0.05) is 31.3 Å². The van der Waals surface area contributed by atoms with E-state index in [-0.39, 0.29) is 24.6 Å². The van der Waals surface area contributed by atoms with E-state index >= 15 is 0 Å². The van der Waals surface area contributed by atoms with Crippen LogP contribution < -0.4 is 4.74 Å². The molecule has 1 aliphatic heterocycles. The molecule has 1 aromatic carbocycles. The molecule has 118 valence electrons. The third kappa shape index (κ3) is 4.86. The molecule has 0 radical (unpaired) electrons. The molecule has 0 bridgehead atoms. The summed E-state index contributed by atoms with van der Waals surface area (Å²) in [5.41, 5.74) is 0.285. The van der Waals surface area contributed by atoms with E-state index in [9.17, 15) is 17.6 Å². The van der Waals surface area contributed by atoms with Crippen LogP contribution in [0.5, 0.6) is 5.75 Å². The summed E-state index contributed by atoms with van der Waals surface area (Å²) in [6, 6.07) is 3.17. The summed E-state index contributed by atoms with van der Waals surface area (Å²) in [7, 11) is 0. The second-order valence-corrected chi connectivity index (χ2v) is 5.23. The second kappa shape index (κ2) is 6.62. The van der Waals surface area contributed by atoms with Crippen LogP contribution in [-0.2, 0) is 6.54 Å². The highest BCUT2D eigenvalue weighted by Gasteiger charge is 2.32. The zero-order chi connectivity index (χ0) is 15.5. The van der Waals surface area contributed by atoms with Crippen LogP contribution >= 0.6 is 0 Å². The molecule has 1 aromatic rings. The van der Waals surface area contributed by atoms with Crippen LogP contribution in [0, 0.1) is 11.7 Å². The summed E-state index contributed by atoms with van der Waals surface area (Å²) < 4.78 is 54.1. The number of ether oxygens (including phenoxy) is 1. The average Bonchev–Trinajstić information content (AvgIpc) is 2.40. The van der Waals surface area contributed by atoms with Crippen molar-refractivity contribution in [2.24, 2.45) is 5.92 Å². The number of alkyl halides is 3. The van der Waals surface area contributed by atoms with Gasteiger partial charge in [0.15, 0.2) is 0 Å². The highest BCUT2D eigenvalue weighted by atomic mass is 19.4. The van der Waals surface area contributed by atoms with Gasteiger partial charge in [-0.15, -0.1) is 13.2 Å². The lowest BCUT2D eigenvalue weighted by molar-refractivity contribution is -0.275. The molecule has 0 saturated carbocycles. The minimum absolute atomic E-state index is 0.0613. The summed E-state index contributed by atoms with van der Waals surface area (Å²) >= 11 is 0. The number of piperidine rings is 1. The minimum atomic E-state index is -4.85. The van der Waals surface area contributed by atoms with Gasteiger partial charge in [0.1, 0.15) is 11.6 Å². The Kier molecular flexibility index (Phi) is 5.05. The molecule has 7 heteroatoms. The van der Waals surface area contributed by atoms with Gasteiger partial charge in [0.2, 0.25) is 0 Å². The highest BCUT2D eigenvalue weighted by Crippen LogP contribution is 2.29. The predicted octanol–water partition coefficient (Wildman–Crippen LogP) is 2.93. The Bertz CT molecular complexity index is 479. The first-order valence-electron chi connectivity index (χ1n) is 6.75. The number of rotatable bonds is 4. The van der Waals surface area contributed by atoms with Crippen molar-refractivity contribution in [1.29, 1.82) is 0 Å². The molecule has 1 fully saturated rings. The summed E-state index contributed by atoms with van der Waals surface area (Å²) in [6.07, 6.45) is -3.07. The molecule has 2 rings (SSSR count). The van der Waals surface area contributed by atoms with Gasteiger partial charge in [-0.3, -0.25) is 4.90 Å². The number of benzene rings is 1. The number of halogens is 4. The quantitative estimate of drug-likeness (QED) is 0.868. The Morgan fingerprint density at radius 2 is 2.10 bits per heavy atom. The van der Waals surface area contributed by atoms with Crippen molar-refractivity contribution in [2.45, 2.75) is 25.7 Å². The summed E-state index contributed by atoms with van der Waals surface area (Å²) in [6.45, 7) is 1.65. The van der Waals surface area contributed by atoms with E-state index in [0.29, 0.717) is 6.54 Å². The molecule has 1 aliphatic rings. The Labute approximate surface area is 120 Å². The fraction of sp³-hybridized carbons (Fsp3) is 0.571.